The molecule has 1 aliphatic rings. The van der Waals surface area contributed by atoms with E-state index in [2.05, 4.69) is 38.1 Å². The van der Waals surface area contributed by atoms with Crippen LogP contribution >= 0.6 is 0 Å². The molecule has 0 radical (unpaired) electrons. The van der Waals surface area contributed by atoms with E-state index in [9.17, 15) is 13.2 Å². The molecule has 1 saturated heterocycles. The van der Waals surface area contributed by atoms with Crippen molar-refractivity contribution in [3.8, 4) is 0 Å². The molecule has 6 heteroatoms. The summed E-state index contributed by atoms with van der Waals surface area (Å²) < 4.78 is 27.1. The molecule has 3 rings (SSSR count). The Hall–Kier alpha value is -2.18. The molecular weight excluding hydrogens is 396 g/mol. The van der Waals surface area contributed by atoms with Gasteiger partial charge in [-0.2, -0.15) is 0 Å². The van der Waals surface area contributed by atoms with Gasteiger partial charge in [0, 0.05) is 32.1 Å². The average molecular weight is 429 g/mol. The summed E-state index contributed by atoms with van der Waals surface area (Å²) in [5.74, 6) is 0.0599. The van der Waals surface area contributed by atoms with Gasteiger partial charge < -0.3 is 4.90 Å². The average Bonchev–Trinajstić information content (AvgIpc) is 2.75. The highest BCUT2D eigenvalue weighted by Crippen LogP contribution is 2.24. The lowest BCUT2D eigenvalue weighted by Crippen LogP contribution is -2.44. The van der Waals surface area contributed by atoms with E-state index in [1.807, 2.05) is 35.2 Å². The number of benzene rings is 2. The summed E-state index contributed by atoms with van der Waals surface area (Å²) >= 11 is 0. The molecule has 2 aromatic rings. The maximum absolute atomic E-state index is 13.2. The minimum atomic E-state index is -3.36. The van der Waals surface area contributed by atoms with Crippen molar-refractivity contribution in [3.05, 3.63) is 71.3 Å². The monoisotopic (exact) mass is 428 g/mol. The summed E-state index contributed by atoms with van der Waals surface area (Å²) in [6, 6.07) is 17.5. The SMILES string of the molecule is CCCN(Cc1ccc(C)cc1)C(=O)C1CCN(S(=O)(=O)Cc2ccccc2)CC1. The summed E-state index contributed by atoms with van der Waals surface area (Å²) in [6.45, 7) is 6.29. The molecule has 0 spiro atoms. The van der Waals surface area contributed by atoms with Crippen LogP contribution in [-0.2, 0) is 27.1 Å². The van der Waals surface area contributed by atoms with Crippen LogP contribution in [0, 0.1) is 12.8 Å². The fraction of sp³-hybridized carbons (Fsp3) is 0.458. The number of hydrogen-bond donors (Lipinski definition) is 0. The van der Waals surface area contributed by atoms with E-state index in [0.29, 0.717) is 32.5 Å². The number of aryl methyl sites for hydroxylation is 1. The summed E-state index contributed by atoms with van der Waals surface area (Å²) in [5, 5.41) is 0. The van der Waals surface area contributed by atoms with Gasteiger partial charge in [-0.3, -0.25) is 4.79 Å². The number of rotatable bonds is 8. The minimum Gasteiger partial charge on any atom is -0.338 e. The lowest BCUT2D eigenvalue weighted by atomic mass is 9.96. The van der Waals surface area contributed by atoms with Crippen molar-refractivity contribution in [2.45, 2.75) is 45.4 Å². The van der Waals surface area contributed by atoms with Crippen LogP contribution in [0.2, 0.25) is 0 Å². The van der Waals surface area contributed by atoms with Crippen molar-refractivity contribution >= 4 is 15.9 Å². The summed E-state index contributed by atoms with van der Waals surface area (Å²) in [6.07, 6.45) is 2.07. The molecule has 0 bridgehead atoms. The molecule has 2 aromatic carbocycles. The fourth-order valence-electron chi connectivity index (χ4n) is 3.97. The fourth-order valence-corrected chi connectivity index (χ4v) is 5.53. The second kappa shape index (κ2) is 10.2. The van der Waals surface area contributed by atoms with Gasteiger partial charge in [0.05, 0.1) is 5.75 Å². The van der Waals surface area contributed by atoms with E-state index in [-0.39, 0.29) is 17.6 Å². The molecule has 30 heavy (non-hydrogen) atoms. The van der Waals surface area contributed by atoms with Gasteiger partial charge in [0.25, 0.3) is 0 Å². The lowest BCUT2D eigenvalue weighted by molar-refractivity contribution is -0.137. The number of piperidine rings is 1. The molecule has 0 aromatic heterocycles. The Bertz CT molecular complexity index is 919. The third-order valence-electron chi connectivity index (χ3n) is 5.69. The zero-order chi connectivity index (χ0) is 21.6. The van der Waals surface area contributed by atoms with E-state index >= 15 is 0 Å². The quantitative estimate of drug-likeness (QED) is 0.639. The van der Waals surface area contributed by atoms with Gasteiger partial charge >= 0.3 is 0 Å². The van der Waals surface area contributed by atoms with Crippen LogP contribution in [0.25, 0.3) is 0 Å². The van der Waals surface area contributed by atoms with Gasteiger partial charge in [0.2, 0.25) is 15.9 Å². The molecule has 1 amide bonds. The minimum absolute atomic E-state index is 0.0157. The van der Waals surface area contributed by atoms with E-state index in [4.69, 9.17) is 0 Å². The number of hydrogen-bond acceptors (Lipinski definition) is 3. The molecule has 1 fully saturated rings. The molecule has 162 valence electrons. The first-order valence-electron chi connectivity index (χ1n) is 10.7. The van der Waals surface area contributed by atoms with Gasteiger partial charge in [0.15, 0.2) is 0 Å². The molecule has 0 unspecified atom stereocenters. The maximum atomic E-state index is 13.2. The van der Waals surface area contributed by atoms with Crippen molar-refractivity contribution in [1.29, 1.82) is 0 Å². The van der Waals surface area contributed by atoms with Crippen LogP contribution in [0.1, 0.15) is 42.9 Å². The predicted molar refractivity (Wildman–Crippen MR) is 120 cm³/mol. The number of amides is 1. The summed E-state index contributed by atoms with van der Waals surface area (Å²) in [4.78, 5) is 15.1. The second-order valence-corrected chi connectivity index (χ2v) is 10.1. The summed E-state index contributed by atoms with van der Waals surface area (Å²) in [7, 11) is -3.36. The van der Waals surface area contributed by atoms with E-state index in [0.717, 1.165) is 24.1 Å². The Morgan fingerprint density at radius 3 is 2.23 bits per heavy atom. The third kappa shape index (κ3) is 5.92. The molecular formula is C24H32N2O3S. The molecule has 0 aliphatic carbocycles. The Morgan fingerprint density at radius 1 is 1.00 bits per heavy atom. The van der Waals surface area contributed by atoms with Gasteiger partial charge in [-0.25, -0.2) is 12.7 Å². The Labute approximate surface area is 180 Å². The zero-order valence-corrected chi connectivity index (χ0v) is 18.8. The topological polar surface area (TPSA) is 57.7 Å². The Balaban J connectivity index is 1.59. The van der Waals surface area contributed by atoms with Crippen molar-refractivity contribution < 1.29 is 13.2 Å². The van der Waals surface area contributed by atoms with Crippen LogP contribution in [0.5, 0.6) is 0 Å². The molecule has 1 heterocycles. The van der Waals surface area contributed by atoms with Crippen LogP contribution < -0.4 is 0 Å². The van der Waals surface area contributed by atoms with Crippen molar-refractivity contribution in [2.75, 3.05) is 19.6 Å². The van der Waals surface area contributed by atoms with Crippen LogP contribution in [-0.4, -0.2) is 43.2 Å². The Morgan fingerprint density at radius 2 is 1.63 bits per heavy atom. The van der Waals surface area contributed by atoms with Gasteiger partial charge in [-0.05, 0) is 37.3 Å². The maximum Gasteiger partial charge on any atom is 0.226 e. The standard InChI is InChI=1S/C24H32N2O3S/c1-3-15-25(18-21-11-9-20(2)10-12-21)24(27)23-13-16-26(17-14-23)30(28,29)19-22-7-5-4-6-8-22/h4-12,23H,3,13-19H2,1-2H3. The van der Waals surface area contributed by atoms with E-state index in [1.165, 1.54) is 5.56 Å². The number of carbonyl (C=O) groups excluding carboxylic acids is 1. The zero-order valence-electron chi connectivity index (χ0n) is 18.0. The highest BCUT2D eigenvalue weighted by Gasteiger charge is 2.33. The van der Waals surface area contributed by atoms with Gasteiger partial charge in [0.1, 0.15) is 0 Å². The Kier molecular flexibility index (Phi) is 7.67. The number of nitrogens with zero attached hydrogens (tertiary/aromatic N) is 2. The number of sulfonamides is 1. The van der Waals surface area contributed by atoms with Crippen molar-refractivity contribution in [2.24, 2.45) is 5.92 Å². The van der Waals surface area contributed by atoms with Crippen LogP contribution in [0.4, 0.5) is 0 Å². The first kappa shape index (κ1) is 22.5. The molecule has 0 saturated carbocycles. The molecule has 0 N–H and O–H groups in total. The molecule has 5 nitrogen and oxygen atoms in total. The third-order valence-corrected chi connectivity index (χ3v) is 7.54. The highest BCUT2D eigenvalue weighted by molar-refractivity contribution is 7.88. The second-order valence-electron chi connectivity index (χ2n) is 8.16. The smallest absolute Gasteiger partial charge is 0.226 e. The molecule has 1 aliphatic heterocycles. The van der Waals surface area contributed by atoms with Crippen molar-refractivity contribution in [1.82, 2.24) is 9.21 Å². The summed E-state index contributed by atoms with van der Waals surface area (Å²) in [5.41, 5.74) is 3.13. The normalized spacial score (nSPS) is 15.8. The lowest BCUT2D eigenvalue weighted by Gasteiger charge is -2.33. The van der Waals surface area contributed by atoms with E-state index < -0.39 is 10.0 Å². The van der Waals surface area contributed by atoms with Gasteiger partial charge in [-0.1, -0.05) is 67.1 Å². The van der Waals surface area contributed by atoms with Crippen molar-refractivity contribution in [3.63, 3.8) is 0 Å². The van der Waals surface area contributed by atoms with Crippen LogP contribution in [0.3, 0.4) is 0 Å². The molecule has 0 atom stereocenters. The van der Waals surface area contributed by atoms with E-state index in [1.54, 1.807) is 4.31 Å². The van der Waals surface area contributed by atoms with Crippen LogP contribution in [0.15, 0.2) is 54.6 Å². The van der Waals surface area contributed by atoms with Gasteiger partial charge in [-0.15, -0.1) is 0 Å². The number of carbonyl (C=O) groups is 1. The first-order chi connectivity index (χ1) is 14.4. The predicted octanol–water partition coefficient (Wildman–Crippen LogP) is 3.98. The largest absolute Gasteiger partial charge is 0.338 e. The highest BCUT2D eigenvalue weighted by atomic mass is 32.2. The first-order valence-corrected chi connectivity index (χ1v) is 12.4.